The van der Waals surface area contributed by atoms with Crippen LogP contribution < -0.4 is 5.46 Å². The van der Waals surface area contributed by atoms with E-state index in [-0.39, 0.29) is 6.29 Å². The lowest BCUT2D eigenvalue weighted by Gasteiger charge is -2.11. The maximum absolute atomic E-state index is 11.9. The second-order valence-corrected chi connectivity index (χ2v) is 1.93. The Morgan fingerprint density at radius 1 is 1.45 bits per heavy atom. The molecular formula is C5H3BF3O2-. The first-order valence-corrected chi connectivity index (χ1v) is 2.78. The van der Waals surface area contributed by atoms with Gasteiger partial charge in [0.15, 0.2) is 6.29 Å². The van der Waals surface area contributed by atoms with Gasteiger partial charge < -0.3 is 17.4 Å². The number of carbonyl (C=O) groups is 1. The van der Waals surface area contributed by atoms with Gasteiger partial charge in [0.05, 0.1) is 6.26 Å². The number of aldehydes is 1. The lowest BCUT2D eigenvalue weighted by molar-refractivity contribution is 0.110. The van der Waals surface area contributed by atoms with Gasteiger partial charge in [-0.3, -0.25) is 4.79 Å². The third kappa shape index (κ3) is 1.44. The van der Waals surface area contributed by atoms with E-state index in [4.69, 9.17) is 0 Å². The van der Waals surface area contributed by atoms with Crippen molar-refractivity contribution in [2.24, 2.45) is 0 Å². The summed E-state index contributed by atoms with van der Waals surface area (Å²) in [4.78, 5) is 9.95. The van der Waals surface area contributed by atoms with Gasteiger partial charge in [-0.2, -0.15) is 0 Å². The van der Waals surface area contributed by atoms with Gasteiger partial charge in [-0.1, -0.05) is 11.5 Å². The van der Waals surface area contributed by atoms with Crippen molar-refractivity contribution in [1.29, 1.82) is 0 Å². The highest BCUT2D eigenvalue weighted by Crippen LogP contribution is 2.11. The fraction of sp³-hybridized carbons (Fsp3) is 0. The van der Waals surface area contributed by atoms with E-state index in [1.807, 2.05) is 0 Å². The van der Waals surface area contributed by atoms with Crippen molar-refractivity contribution < 1.29 is 22.2 Å². The van der Waals surface area contributed by atoms with E-state index in [9.17, 15) is 17.7 Å². The van der Waals surface area contributed by atoms with Crippen molar-refractivity contribution in [1.82, 2.24) is 0 Å². The van der Waals surface area contributed by atoms with Crippen molar-refractivity contribution >= 4 is 18.7 Å². The number of rotatable bonds is 2. The van der Waals surface area contributed by atoms with Gasteiger partial charge in [0.1, 0.15) is 5.76 Å². The maximum atomic E-state index is 11.9. The van der Waals surface area contributed by atoms with Crippen LogP contribution in [-0.2, 0) is 0 Å². The number of hydrogen-bond acceptors (Lipinski definition) is 2. The summed E-state index contributed by atoms with van der Waals surface area (Å²) >= 11 is 0. The molecule has 0 saturated heterocycles. The van der Waals surface area contributed by atoms with Crippen molar-refractivity contribution in [3.05, 3.63) is 18.1 Å². The van der Waals surface area contributed by atoms with Gasteiger partial charge >= 0.3 is 6.98 Å². The van der Waals surface area contributed by atoms with Crippen LogP contribution in [0.5, 0.6) is 0 Å². The van der Waals surface area contributed by atoms with Crippen LogP contribution in [0.4, 0.5) is 12.9 Å². The Balaban J connectivity index is 3.12. The predicted octanol–water partition coefficient (Wildman–Crippen LogP) is 1.15. The fourth-order valence-corrected chi connectivity index (χ4v) is 0.697. The smallest absolute Gasteiger partial charge is 0.465 e. The van der Waals surface area contributed by atoms with Crippen LogP contribution in [0, 0.1) is 0 Å². The molecule has 0 aromatic carbocycles. The predicted molar refractivity (Wildman–Crippen MR) is 32.8 cm³/mol. The molecule has 0 unspecified atom stereocenters. The number of halogens is 3. The topological polar surface area (TPSA) is 30.2 Å². The van der Waals surface area contributed by atoms with Crippen molar-refractivity contribution in [2.45, 2.75) is 0 Å². The molecule has 1 rings (SSSR count). The zero-order valence-corrected chi connectivity index (χ0v) is 5.26. The molecular weight excluding hydrogens is 160 g/mol. The zero-order valence-electron chi connectivity index (χ0n) is 5.26. The molecule has 1 aromatic heterocycles. The zero-order chi connectivity index (χ0) is 8.48. The molecule has 0 N–H and O–H groups in total. The molecule has 11 heavy (non-hydrogen) atoms. The summed E-state index contributed by atoms with van der Waals surface area (Å²) < 4.78 is 40.0. The first-order valence-electron chi connectivity index (χ1n) is 2.78. The maximum Gasteiger partial charge on any atom is 0.513 e. The van der Waals surface area contributed by atoms with Gasteiger partial charge in [-0.25, -0.2) is 0 Å². The van der Waals surface area contributed by atoms with Crippen LogP contribution in [0.1, 0.15) is 10.6 Å². The highest BCUT2D eigenvalue weighted by molar-refractivity contribution is 6.74. The molecule has 1 heterocycles. The minimum atomic E-state index is -5.12. The molecule has 0 aliphatic heterocycles. The Morgan fingerprint density at radius 3 is 2.45 bits per heavy atom. The second-order valence-electron chi connectivity index (χ2n) is 1.93. The Labute approximate surface area is 60.1 Å². The van der Waals surface area contributed by atoms with Gasteiger partial charge in [-0.05, 0) is 0 Å². The van der Waals surface area contributed by atoms with E-state index in [0.717, 1.165) is 12.3 Å². The molecule has 1 aromatic rings. The monoisotopic (exact) mass is 163 g/mol. The minimum Gasteiger partial charge on any atom is -0.465 e. The largest absolute Gasteiger partial charge is 0.513 e. The molecule has 0 saturated carbocycles. The Morgan fingerprint density at radius 2 is 2.09 bits per heavy atom. The molecule has 0 bridgehead atoms. The summed E-state index contributed by atoms with van der Waals surface area (Å²) in [5.74, 6) is -0.655. The first-order chi connectivity index (χ1) is 5.05. The Hall–Kier alpha value is -1.20. The van der Waals surface area contributed by atoms with Crippen LogP contribution in [0.2, 0.25) is 0 Å². The molecule has 0 aliphatic rings. The van der Waals surface area contributed by atoms with Crippen LogP contribution in [-0.4, -0.2) is 13.3 Å². The van der Waals surface area contributed by atoms with Crippen molar-refractivity contribution in [2.75, 3.05) is 0 Å². The van der Waals surface area contributed by atoms with Crippen LogP contribution in [0.15, 0.2) is 16.7 Å². The molecule has 60 valence electrons. The average Bonchev–Trinajstić information content (AvgIpc) is 2.31. The summed E-state index contributed by atoms with van der Waals surface area (Å²) in [5, 5.41) is 0. The molecule has 0 aliphatic carbocycles. The molecule has 6 heteroatoms. The Kier molecular flexibility index (Phi) is 1.76. The number of hydrogen-bond donors (Lipinski definition) is 0. The molecule has 2 nitrogen and oxygen atoms in total. The van der Waals surface area contributed by atoms with E-state index < -0.39 is 18.2 Å². The van der Waals surface area contributed by atoms with Crippen molar-refractivity contribution in [3.63, 3.8) is 0 Å². The van der Waals surface area contributed by atoms with E-state index in [0.29, 0.717) is 0 Å². The van der Waals surface area contributed by atoms with E-state index >= 15 is 0 Å². The lowest BCUT2D eigenvalue weighted by Crippen LogP contribution is -2.35. The second kappa shape index (κ2) is 2.45. The molecule has 0 fully saturated rings. The van der Waals surface area contributed by atoms with E-state index in [1.54, 1.807) is 0 Å². The highest BCUT2D eigenvalue weighted by atomic mass is 19.4. The quantitative estimate of drug-likeness (QED) is 0.483. The summed E-state index contributed by atoms with van der Waals surface area (Å²) in [5.41, 5.74) is -0.972. The van der Waals surface area contributed by atoms with Gasteiger partial charge in [-0.15, -0.1) is 0 Å². The van der Waals surface area contributed by atoms with E-state index in [2.05, 4.69) is 4.42 Å². The van der Waals surface area contributed by atoms with Crippen molar-refractivity contribution in [3.8, 4) is 0 Å². The molecule has 0 spiro atoms. The highest BCUT2D eigenvalue weighted by Gasteiger charge is 2.29. The number of carbonyl (C=O) groups excluding carboxylic acids is 1. The van der Waals surface area contributed by atoms with Gasteiger partial charge in [0.25, 0.3) is 0 Å². The molecule has 0 atom stereocenters. The van der Waals surface area contributed by atoms with Gasteiger partial charge in [0, 0.05) is 0 Å². The average molecular weight is 163 g/mol. The van der Waals surface area contributed by atoms with E-state index in [1.165, 1.54) is 0 Å². The standard InChI is InChI=1S/C5H3BF3O2/c7-6(8,9)4-1-2-11-5(4)3-10/h1-3H/q-1. The number of furan rings is 1. The molecule has 0 amide bonds. The first kappa shape index (κ1) is 7.91. The van der Waals surface area contributed by atoms with Crippen LogP contribution >= 0.6 is 0 Å². The third-order valence-electron chi connectivity index (χ3n) is 1.19. The summed E-state index contributed by atoms with van der Waals surface area (Å²) in [6.45, 7) is -5.12. The van der Waals surface area contributed by atoms with Crippen LogP contribution in [0.3, 0.4) is 0 Å². The summed E-state index contributed by atoms with van der Waals surface area (Å²) in [6.07, 6.45) is 0.888. The van der Waals surface area contributed by atoms with Crippen LogP contribution in [0.25, 0.3) is 0 Å². The lowest BCUT2D eigenvalue weighted by atomic mass is 9.80. The summed E-state index contributed by atoms with van der Waals surface area (Å²) in [7, 11) is 0. The van der Waals surface area contributed by atoms with Gasteiger partial charge in [0.2, 0.25) is 0 Å². The third-order valence-corrected chi connectivity index (χ3v) is 1.19. The molecule has 0 radical (unpaired) electrons. The SMILES string of the molecule is O=Cc1occc1[B-](F)(F)F. The summed E-state index contributed by atoms with van der Waals surface area (Å²) in [6, 6.07) is 0.740. The normalized spacial score (nSPS) is 11.5. The minimum absolute atomic E-state index is 0.0462. The Bertz CT molecular complexity index is 265. The fourth-order valence-electron chi connectivity index (χ4n) is 0.697.